The first-order valence-electron chi connectivity index (χ1n) is 8.97. The van der Waals surface area contributed by atoms with Gasteiger partial charge in [-0.05, 0) is 57.3 Å². The van der Waals surface area contributed by atoms with Crippen molar-refractivity contribution in [1.29, 1.82) is 0 Å². The first-order valence-corrected chi connectivity index (χ1v) is 8.97. The van der Waals surface area contributed by atoms with Gasteiger partial charge in [0.1, 0.15) is 0 Å². The zero-order valence-corrected chi connectivity index (χ0v) is 13.1. The SMILES string of the molecule is O=C(C1CCC2CCCCC2N1)N1CCCCC1CCO. The third-order valence-corrected chi connectivity index (χ3v) is 5.82. The Hall–Kier alpha value is -0.610. The van der Waals surface area contributed by atoms with Crippen LogP contribution in [0.3, 0.4) is 0 Å². The number of aliphatic hydroxyl groups is 1. The van der Waals surface area contributed by atoms with Crippen molar-refractivity contribution in [2.45, 2.75) is 82.3 Å². The largest absolute Gasteiger partial charge is 0.396 e. The maximum atomic E-state index is 12.9. The number of carbonyl (C=O) groups excluding carboxylic acids is 1. The maximum absolute atomic E-state index is 12.9. The maximum Gasteiger partial charge on any atom is 0.239 e. The summed E-state index contributed by atoms with van der Waals surface area (Å²) in [5, 5.41) is 12.9. The van der Waals surface area contributed by atoms with Gasteiger partial charge >= 0.3 is 0 Å². The van der Waals surface area contributed by atoms with Crippen molar-refractivity contribution in [3.05, 3.63) is 0 Å². The van der Waals surface area contributed by atoms with E-state index in [0.717, 1.165) is 38.1 Å². The van der Waals surface area contributed by atoms with Gasteiger partial charge in [0.15, 0.2) is 0 Å². The second kappa shape index (κ2) is 7.10. The smallest absolute Gasteiger partial charge is 0.239 e. The average Bonchev–Trinajstić information content (AvgIpc) is 2.54. The molecule has 4 nitrogen and oxygen atoms in total. The summed E-state index contributed by atoms with van der Waals surface area (Å²) in [6.07, 6.45) is 11.6. The summed E-state index contributed by atoms with van der Waals surface area (Å²) in [5.41, 5.74) is 0. The van der Waals surface area contributed by atoms with Crippen LogP contribution in [-0.2, 0) is 4.79 Å². The Labute approximate surface area is 128 Å². The highest BCUT2D eigenvalue weighted by molar-refractivity contribution is 5.82. The monoisotopic (exact) mass is 294 g/mol. The molecule has 1 saturated carbocycles. The number of fused-ring (bicyclic) bond motifs is 1. The van der Waals surface area contributed by atoms with Crippen LogP contribution in [0.15, 0.2) is 0 Å². The molecule has 3 aliphatic rings. The molecule has 3 rings (SSSR count). The van der Waals surface area contributed by atoms with Crippen LogP contribution in [0, 0.1) is 5.92 Å². The van der Waals surface area contributed by atoms with E-state index in [9.17, 15) is 9.90 Å². The number of carbonyl (C=O) groups is 1. The molecule has 0 spiro atoms. The summed E-state index contributed by atoms with van der Waals surface area (Å²) < 4.78 is 0. The molecule has 21 heavy (non-hydrogen) atoms. The van der Waals surface area contributed by atoms with Crippen molar-refractivity contribution in [3.8, 4) is 0 Å². The van der Waals surface area contributed by atoms with Gasteiger partial charge in [0, 0.05) is 25.2 Å². The molecule has 2 saturated heterocycles. The van der Waals surface area contributed by atoms with Gasteiger partial charge in [-0.1, -0.05) is 12.8 Å². The first-order chi connectivity index (χ1) is 10.3. The highest BCUT2D eigenvalue weighted by atomic mass is 16.3. The van der Waals surface area contributed by atoms with Crippen LogP contribution in [-0.4, -0.2) is 47.2 Å². The average molecular weight is 294 g/mol. The molecule has 0 aromatic rings. The number of nitrogens with one attached hydrogen (secondary N) is 1. The molecule has 1 amide bonds. The Morgan fingerprint density at radius 3 is 2.71 bits per heavy atom. The van der Waals surface area contributed by atoms with Crippen molar-refractivity contribution in [2.75, 3.05) is 13.2 Å². The Balaban J connectivity index is 1.61. The summed E-state index contributed by atoms with van der Waals surface area (Å²) in [6, 6.07) is 0.869. The Morgan fingerprint density at radius 2 is 1.86 bits per heavy atom. The highest BCUT2D eigenvalue weighted by Gasteiger charge is 2.37. The Kier molecular flexibility index (Phi) is 5.17. The number of amides is 1. The number of nitrogens with zero attached hydrogens (tertiary/aromatic N) is 1. The van der Waals surface area contributed by atoms with E-state index in [-0.39, 0.29) is 18.7 Å². The summed E-state index contributed by atoms with van der Waals surface area (Å²) in [5.74, 6) is 1.11. The lowest BCUT2D eigenvalue weighted by Crippen LogP contribution is -2.58. The van der Waals surface area contributed by atoms with Crippen LogP contribution in [0.25, 0.3) is 0 Å². The lowest BCUT2D eigenvalue weighted by molar-refractivity contribution is -0.139. The molecule has 2 aliphatic heterocycles. The van der Waals surface area contributed by atoms with Gasteiger partial charge in [-0.25, -0.2) is 0 Å². The van der Waals surface area contributed by atoms with Crippen LogP contribution >= 0.6 is 0 Å². The number of rotatable bonds is 3. The molecule has 0 aromatic heterocycles. The number of likely N-dealkylation sites (tertiary alicyclic amines) is 1. The van der Waals surface area contributed by atoms with E-state index in [1.807, 2.05) is 0 Å². The van der Waals surface area contributed by atoms with Crippen molar-refractivity contribution < 1.29 is 9.90 Å². The molecular weight excluding hydrogens is 264 g/mol. The number of hydrogen-bond acceptors (Lipinski definition) is 3. The van der Waals surface area contributed by atoms with Crippen molar-refractivity contribution >= 4 is 5.91 Å². The molecule has 3 fully saturated rings. The minimum absolute atomic E-state index is 0.0312. The first kappa shape index (κ1) is 15.3. The summed E-state index contributed by atoms with van der Waals surface area (Å²) in [4.78, 5) is 15.0. The van der Waals surface area contributed by atoms with E-state index in [1.54, 1.807) is 0 Å². The van der Waals surface area contributed by atoms with E-state index in [2.05, 4.69) is 10.2 Å². The fourth-order valence-corrected chi connectivity index (χ4v) is 4.63. The highest BCUT2D eigenvalue weighted by Crippen LogP contribution is 2.33. The molecular formula is C17H30N2O2. The van der Waals surface area contributed by atoms with Gasteiger partial charge in [-0.15, -0.1) is 0 Å². The normalized spacial score (nSPS) is 37.1. The van der Waals surface area contributed by atoms with Crippen molar-refractivity contribution in [1.82, 2.24) is 10.2 Å². The number of hydrogen-bond donors (Lipinski definition) is 2. The van der Waals surface area contributed by atoms with Crippen LogP contribution in [0.5, 0.6) is 0 Å². The van der Waals surface area contributed by atoms with Gasteiger partial charge in [-0.3, -0.25) is 4.79 Å². The lowest BCUT2D eigenvalue weighted by atomic mass is 9.77. The molecule has 4 unspecified atom stereocenters. The fraction of sp³-hybridized carbons (Fsp3) is 0.941. The van der Waals surface area contributed by atoms with Gasteiger partial charge in [0.25, 0.3) is 0 Å². The summed E-state index contributed by atoms with van der Waals surface area (Å²) >= 11 is 0. The van der Waals surface area contributed by atoms with Gasteiger partial charge in [0.2, 0.25) is 5.91 Å². The molecule has 2 N–H and O–H groups in total. The second-order valence-electron chi connectivity index (χ2n) is 7.14. The standard InChI is InChI=1S/C17H30N2O2/c20-12-10-14-6-3-4-11-19(14)17(21)16-9-8-13-5-1-2-7-15(13)18-16/h13-16,18,20H,1-12H2. The van der Waals surface area contributed by atoms with Gasteiger partial charge in [-0.2, -0.15) is 0 Å². The molecule has 2 heterocycles. The van der Waals surface area contributed by atoms with Crippen molar-refractivity contribution in [3.63, 3.8) is 0 Å². The van der Waals surface area contributed by atoms with Crippen molar-refractivity contribution in [2.24, 2.45) is 5.92 Å². The van der Waals surface area contributed by atoms with E-state index < -0.39 is 0 Å². The fourth-order valence-electron chi connectivity index (χ4n) is 4.63. The molecule has 4 atom stereocenters. The summed E-state index contributed by atoms with van der Waals surface area (Å²) in [7, 11) is 0. The lowest BCUT2D eigenvalue weighted by Gasteiger charge is -2.43. The molecule has 0 radical (unpaired) electrons. The van der Waals surface area contributed by atoms with Gasteiger partial charge < -0.3 is 15.3 Å². The number of aliphatic hydroxyl groups excluding tert-OH is 1. The van der Waals surface area contributed by atoms with E-state index in [0.29, 0.717) is 11.9 Å². The summed E-state index contributed by atoms with van der Waals surface area (Å²) in [6.45, 7) is 1.08. The van der Waals surface area contributed by atoms with E-state index in [1.165, 1.54) is 38.5 Å². The quantitative estimate of drug-likeness (QED) is 0.838. The molecule has 0 bridgehead atoms. The predicted molar refractivity (Wildman–Crippen MR) is 83.0 cm³/mol. The minimum atomic E-state index is 0.0312. The third-order valence-electron chi connectivity index (χ3n) is 5.82. The zero-order valence-electron chi connectivity index (χ0n) is 13.1. The Morgan fingerprint density at radius 1 is 1.05 bits per heavy atom. The third kappa shape index (κ3) is 3.42. The van der Waals surface area contributed by atoms with Gasteiger partial charge in [0.05, 0.1) is 6.04 Å². The topological polar surface area (TPSA) is 52.6 Å². The second-order valence-corrected chi connectivity index (χ2v) is 7.14. The molecule has 4 heteroatoms. The van der Waals surface area contributed by atoms with Crippen LogP contribution in [0.1, 0.15) is 64.2 Å². The molecule has 1 aliphatic carbocycles. The van der Waals surface area contributed by atoms with Crippen LogP contribution in [0.2, 0.25) is 0 Å². The van der Waals surface area contributed by atoms with Crippen LogP contribution < -0.4 is 5.32 Å². The number of piperidine rings is 2. The van der Waals surface area contributed by atoms with E-state index >= 15 is 0 Å². The van der Waals surface area contributed by atoms with Crippen LogP contribution in [0.4, 0.5) is 0 Å². The predicted octanol–water partition coefficient (Wildman–Crippen LogP) is 2.06. The molecule has 120 valence electrons. The molecule has 0 aromatic carbocycles. The zero-order chi connectivity index (χ0) is 14.7. The van der Waals surface area contributed by atoms with E-state index in [4.69, 9.17) is 0 Å². The Bertz CT molecular complexity index is 359. The minimum Gasteiger partial charge on any atom is -0.396 e.